The molecule has 0 aliphatic heterocycles. The highest BCUT2D eigenvalue weighted by Crippen LogP contribution is 2.38. The zero-order chi connectivity index (χ0) is 69.4. The normalized spacial score (nSPS) is 11.1. The summed E-state index contributed by atoms with van der Waals surface area (Å²) in [6.07, 6.45) is 0. The molecule has 104 heavy (non-hydrogen) atoms. The third-order valence-corrected chi connectivity index (χ3v) is 18.4. The van der Waals surface area contributed by atoms with Crippen LogP contribution in [0.25, 0.3) is 158 Å². The smallest absolute Gasteiger partial charge is 0.168 e. The molecule has 18 rings (SSSR count). The highest BCUT2D eigenvalue weighted by atomic mass is 15.3. The molecule has 4 aromatic heterocycles. The van der Waals surface area contributed by atoms with Crippen LogP contribution in [0.4, 0.5) is 0 Å². The standard InChI is InChI=1S/2C46H32N6/c1-5-16-33(17-6-1)43-47-48-44(34-18-7-2-8-19-34)51(43)41-28-14-26-39(31-41)37-24-13-25-38(30-37)40-27-15-29-42(32-40)52-45(35-20-9-3-10-21-35)49-50-46(52)36-22-11-4-12-23-36;1-5-14-35(15-6-1)43-47-48-44(36-16-7-2-8-17-36)51(43)41-28-24-33(25-29-41)39-22-13-23-40(32-39)34-26-30-42(31-27-34)52-45(37-18-9-3-10-19-37)49-50-46(52)38-20-11-4-12-21-38/h2*1-32H. The molecule has 0 fully saturated rings. The fourth-order valence-electron chi connectivity index (χ4n) is 13.3. The fraction of sp³-hybridized carbons (Fsp3) is 0. The van der Waals surface area contributed by atoms with Gasteiger partial charge >= 0.3 is 0 Å². The van der Waals surface area contributed by atoms with Crippen molar-refractivity contribution in [2.24, 2.45) is 0 Å². The Morgan fingerprint density at radius 3 is 0.490 bits per heavy atom. The predicted octanol–water partition coefficient (Wildman–Crippen LogP) is 21.7. The van der Waals surface area contributed by atoms with Crippen LogP contribution < -0.4 is 0 Å². The summed E-state index contributed by atoms with van der Waals surface area (Å²) in [5, 5.41) is 37.2. The van der Waals surface area contributed by atoms with Gasteiger partial charge in [0.25, 0.3) is 0 Å². The minimum absolute atomic E-state index is 0.793. The number of hydrogen-bond donors (Lipinski definition) is 0. The lowest BCUT2D eigenvalue weighted by Gasteiger charge is -2.14. The van der Waals surface area contributed by atoms with Gasteiger partial charge in [-0.25, -0.2) is 0 Å². The van der Waals surface area contributed by atoms with E-state index in [2.05, 4.69) is 302 Å². The Kier molecular flexibility index (Phi) is 17.5. The van der Waals surface area contributed by atoms with Crippen LogP contribution in [0, 0.1) is 0 Å². The van der Waals surface area contributed by atoms with Crippen LogP contribution in [0.3, 0.4) is 0 Å². The second-order valence-electron chi connectivity index (χ2n) is 25.0. The van der Waals surface area contributed by atoms with Gasteiger partial charge in [-0.2, -0.15) is 0 Å². The molecule has 4 heterocycles. The van der Waals surface area contributed by atoms with Crippen LogP contribution in [-0.2, 0) is 0 Å². The topological polar surface area (TPSA) is 123 Å². The van der Waals surface area contributed by atoms with Crippen LogP contribution in [0.1, 0.15) is 0 Å². The summed E-state index contributed by atoms with van der Waals surface area (Å²) < 4.78 is 8.56. The van der Waals surface area contributed by atoms with Gasteiger partial charge in [0.05, 0.1) is 0 Å². The van der Waals surface area contributed by atoms with Crippen molar-refractivity contribution in [3.63, 3.8) is 0 Å². The van der Waals surface area contributed by atoms with E-state index in [0.29, 0.717) is 0 Å². The summed E-state index contributed by atoms with van der Waals surface area (Å²) in [6.45, 7) is 0. The molecule has 14 aromatic carbocycles. The van der Waals surface area contributed by atoms with Crippen molar-refractivity contribution in [1.82, 2.24) is 59.1 Å². The highest BCUT2D eigenvalue weighted by molar-refractivity contribution is 5.80. The van der Waals surface area contributed by atoms with Crippen molar-refractivity contribution in [2.75, 3.05) is 0 Å². The second-order valence-corrected chi connectivity index (χ2v) is 25.0. The van der Waals surface area contributed by atoms with Gasteiger partial charge in [-0.3, -0.25) is 18.3 Å². The van der Waals surface area contributed by atoms with Gasteiger partial charge in [-0.1, -0.05) is 328 Å². The van der Waals surface area contributed by atoms with E-state index in [1.807, 2.05) is 146 Å². The molecule has 0 amide bonds. The Labute approximate surface area is 602 Å². The average molecular weight is 1340 g/mol. The minimum Gasteiger partial charge on any atom is -0.275 e. The molecule has 0 saturated heterocycles. The zero-order valence-electron chi connectivity index (χ0n) is 56.3. The number of hydrogen-bond acceptors (Lipinski definition) is 8. The SMILES string of the molecule is c1ccc(-c2nnc(-c3ccccc3)n2-c2ccc(-c3cccc(-c4ccc(-n5c(-c6ccccc6)nnc5-c5ccccc5)cc4)c3)cc2)cc1.c1ccc(-c2nnc(-c3ccccc3)n2-c2cccc(-c3cccc(-c4cccc(-n5c(-c6ccccc6)nnc5-c5ccccc5)c4)c3)c2)cc1. The first-order valence-electron chi connectivity index (χ1n) is 34.5. The van der Waals surface area contributed by atoms with E-state index in [1.165, 1.54) is 0 Å². The molecule has 0 bridgehead atoms. The monoisotopic (exact) mass is 1340 g/mol. The largest absolute Gasteiger partial charge is 0.275 e. The zero-order valence-corrected chi connectivity index (χ0v) is 56.3. The lowest BCUT2D eigenvalue weighted by atomic mass is 9.98. The molecule has 0 aliphatic rings. The van der Waals surface area contributed by atoms with Crippen molar-refractivity contribution < 1.29 is 0 Å². The van der Waals surface area contributed by atoms with Gasteiger partial charge in [0, 0.05) is 67.3 Å². The van der Waals surface area contributed by atoms with E-state index >= 15 is 0 Å². The Morgan fingerprint density at radius 2 is 0.279 bits per heavy atom. The van der Waals surface area contributed by atoms with Gasteiger partial charge in [-0.05, 0) is 105 Å². The maximum atomic E-state index is 4.68. The summed E-state index contributed by atoms with van der Waals surface area (Å²) in [4.78, 5) is 0. The van der Waals surface area contributed by atoms with E-state index in [1.54, 1.807) is 0 Å². The summed E-state index contributed by atoms with van der Waals surface area (Å²) in [5.41, 5.74) is 21.0. The van der Waals surface area contributed by atoms with Crippen LogP contribution in [0.5, 0.6) is 0 Å². The van der Waals surface area contributed by atoms with E-state index in [9.17, 15) is 0 Å². The first kappa shape index (κ1) is 63.1. The minimum atomic E-state index is 0.793. The van der Waals surface area contributed by atoms with E-state index < -0.39 is 0 Å². The summed E-state index contributed by atoms with van der Waals surface area (Å²) in [7, 11) is 0. The number of nitrogens with zero attached hydrogens (tertiary/aromatic N) is 12. The fourth-order valence-corrected chi connectivity index (χ4v) is 13.3. The van der Waals surface area contributed by atoms with E-state index in [4.69, 9.17) is 0 Å². The average Bonchev–Trinajstić information content (AvgIpc) is 1.67. The third kappa shape index (κ3) is 12.9. The van der Waals surface area contributed by atoms with E-state index in [-0.39, 0.29) is 0 Å². The lowest BCUT2D eigenvalue weighted by molar-refractivity contribution is 1.07. The summed E-state index contributed by atoms with van der Waals surface area (Å²) >= 11 is 0. The molecule has 0 saturated carbocycles. The third-order valence-electron chi connectivity index (χ3n) is 18.4. The van der Waals surface area contributed by atoms with Gasteiger partial charge in [0.15, 0.2) is 46.6 Å². The Bertz CT molecular complexity index is 5340. The molecule has 0 aliphatic carbocycles. The molecule has 0 spiro atoms. The Hall–Kier alpha value is -14.4. The van der Waals surface area contributed by atoms with Crippen molar-refractivity contribution >= 4 is 0 Å². The number of benzene rings is 14. The second kappa shape index (κ2) is 28.8. The van der Waals surface area contributed by atoms with Crippen LogP contribution >= 0.6 is 0 Å². The first-order valence-corrected chi connectivity index (χ1v) is 34.5. The van der Waals surface area contributed by atoms with Crippen molar-refractivity contribution in [3.05, 3.63) is 388 Å². The van der Waals surface area contributed by atoms with Gasteiger partial charge in [-0.15, -0.1) is 40.8 Å². The molecule has 0 unspecified atom stereocenters. The van der Waals surface area contributed by atoms with Crippen LogP contribution in [0.15, 0.2) is 388 Å². The molecule has 0 atom stereocenters. The molecular formula is C92H64N12. The predicted molar refractivity (Wildman–Crippen MR) is 418 cm³/mol. The van der Waals surface area contributed by atoms with E-state index in [0.717, 1.165) is 158 Å². The summed E-state index contributed by atoms with van der Waals surface area (Å²) in [5.74, 6) is 6.38. The highest BCUT2D eigenvalue weighted by Gasteiger charge is 2.23. The molecule has 18 aromatic rings. The van der Waals surface area contributed by atoms with Crippen LogP contribution in [0.2, 0.25) is 0 Å². The van der Waals surface area contributed by atoms with Gasteiger partial charge in [0.2, 0.25) is 0 Å². The summed E-state index contributed by atoms with van der Waals surface area (Å²) in [6, 6.07) is 134. The lowest BCUT2D eigenvalue weighted by Crippen LogP contribution is -2.01. The van der Waals surface area contributed by atoms with Crippen molar-refractivity contribution in [3.8, 4) is 158 Å². The Balaban J connectivity index is 0.000000154. The number of aromatic nitrogens is 12. The van der Waals surface area contributed by atoms with Crippen LogP contribution in [-0.4, -0.2) is 59.1 Å². The molecule has 0 radical (unpaired) electrons. The Morgan fingerprint density at radius 1 is 0.115 bits per heavy atom. The molecule has 492 valence electrons. The number of rotatable bonds is 16. The maximum Gasteiger partial charge on any atom is 0.168 e. The van der Waals surface area contributed by atoms with Gasteiger partial charge < -0.3 is 0 Å². The molecule has 0 N–H and O–H groups in total. The van der Waals surface area contributed by atoms with Crippen molar-refractivity contribution in [2.45, 2.75) is 0 Å². The first-order chi connectivity index (χ1) is 51.6. The van der Waals surface area contributed by atoms with Gasteiger partial charge in [0.1, 0.15) is 0 Å². The molecular weight excluding hydrogens is 1270 g/mol. The maximum absolute atomic E-state index is 4.68. The van der Waals surface area contributed by atoms with Crippen molar-refractivity contribution in [1.29, 1.82) is 0 Å². The molecule has 12 nitrogen and oxygen atoms in total. The molecule has 12 heteroatoms. The quantitative estimate of drug-likeness (QED) is 0.0937.